The lowest BCUT2D eigenvalue weighted by Crippen LogP contribution is -2.50. The quantitative estimate of drug-likeness (QED) is 0.771. The van der Waals surface area contributed by atoms with E-state index in [1.165, 1.54) is 9.18 Å². The van der Waals surface area contributed by atoms with Crippen LogP contribution in [0.5, 0.6) is 0 Å². The minimum Gasteiger partial charge on any atom is -0.337 e. The van der Waals surface area contributed by atoms with Crippen LogP contribution in [0.15, 0.2) is 53.4 Å². The molecule has 3 rings (SSSR count). The van der Waals surface area contributed by atoms with Gasteiger partial charge in [0.2, 0.25) is 15.9 Å². The van der Waals surface area contributed by atoms with E-state index in [-0.39, 0.29) is 5.91 Å². The first-order chi connectivity index (χ1) is 12.0. The number of hydrogen-bond acceptors (Lipinski definition) is 4. The number of aryl methyl sites for hydroxylation is 1. The molecule has 0 aliphatic carbocycles. The Balaban J connectivity index is 1.60. The molecule has 0 saturated carbocycles. The number of sulfonamides is 1. The lowest BCUT2D eigenvalue weighted by atomic mass is 10.3. The van der Waals surface area contributed by atoms with Gasteiger partial charge >= 0.3 is 0 Å². The van der Waals surface area contributed by atoms with Gasteiger partial charge in [0.25, 0.3) is 0 Å². The maximum absolute atomic E-state index is 12.6. The van der Waals surface area contributed by atoms with Gasteiger partial charge in [-0.3, -0.25) is 4.79 Å². The highest BCUT2D eigenvalue weighted by molar-refractivity contribution is 7.89. The fraction of sp³-hybridized carbons (Fsp3) is 0.278. The highest BCUT2D eigenvalue weighted by Gasteiger charge is 2.29. The molecule has 0 bridgehead atoms. The topological polar surface area (TPSA) is 57.7 Å². The van der Waals surface area contributed by atoms with Crippen molar-refractivity contribution in [2.75, 3.05) is 26.2 Å². The molecule has 0 spiro atoms. The van der Waals surface area contributed by atoms with E-state index < -0.39 is 10.0 Å². The molecule has 0 atom stereocenters. The molecule has 1 aliphatic rings. The number of carbonyl (C=O) groups is 1. The Bertz CT molecular complexity index is 865. The highest BCUT2D eigenvalue weighted by atomic mass is 32.2. The highest BCUT2D eigenvalue weighted by Crippen LogP contribution is 2.18. The number of piperazine rings is 1. The predicted molar refractivity (Wildman–Crippen MR) is 99.9 cm³/mol. The maximum atomic E-state index is 12.6. The molecule has 1 aromatic heterocycles. The van der Waals surface area contributed by atoms with Crippen LogP contribution in [0.1, 0.15) is 9.75 Å². The summed E-state index contributed by atoms with van der Waals surface area (Å²) in [5, 5.41) is 0. The predicted octanol–water partition coefficient (Wildman–Crippen LogP) is 2.60. The van der Waals surface area contributed by atoms with Crippen molar-refractivity contribution in [2.24, 2.45) is 0 Å². The molecule has 25 heavy (non-hydrogen) atoms. The Hall–Kier alpha value is -1.96. The summed E-state index contributed by atoms with van der Waals surface area (Å²) in [6, 6.07) is 12.4. The average Bonchev–Trinajstić information content (AvgIpc) is 3.06. The number of nitrogens with zero attached hydrogens (tertiary/aromatic N) is 2. The number of benzene rings is 1. The number of carbonyl (C=O) groups excluding carboxylic acids is 1. The van der Waals surface area contributed by atoms with Crippen LogP contribution in [-0.4, -0.2) is 49.7 Å². The second-order valence-corrected chi connectivity index (χ2v) is 9.08. The fourth-order valence-electron chi connectivity index (χ4n) is 2.69. The lowest BCUT2D eigenvalue weighted by molar-refractivity contribution is -0.127. The van der Waals surface area contributed by atoms with Crippen LogP contribution in [0.3, 0.4) is 0 Å². The zero-order chi connectivity index (χ0) is 17.9. The fourth-order valence-corrected chi connectivity index (χ4v) is 4.92. The Labute approximate surface area is 152 Å². The van der Waals surface area contributed by atoms with Crippen LogP contribution in [0, 0.1) is 6.92 Å². The van der Waals surface area contributed by atoms with E-state index in [9.17, 15) is 13.2 Å². The largest absolute Gasteiger partial charge is 0.337 e. The minimum absolute atomic E-state index is 0.0807. The van der Waals surface area contributed by atoms with E-state index in [1.54, 1.807) is 52.6 Å². The van der Waals surface area contributed by atoms with Crippen molar-refractivity contribution in [3.05, 3.63) is 58.3 Å². The Morgan fingerprint density at radius 1 is 1.04 bits per heavy atom. The Morgan fingerprint density at radius 3 is 2.32 bits per heavy atom. The smallest absolute Gasteiger partial charge is 0.246 e. The molecule has 2 heterocycles. The summed E-state index contributed by atoms with van der Waals surface area (Å²) in [6.45, 7) is 3.46. The van der Waals surface area contributed by atoms with Crippen LogP contribution in [0.4, 0.5) is 0 Å². The molecule has 7 heteroatoms. The van der Waals surface area contributed by atoms with Crippen molar-refractivity contribution < 1.29 is 13.2 Å². The van der Waals surface area contributed by atoms with Crippen molar-refractivity contribution in [3.63, 3.8) is 0 Å². The van der Waals surface area contributed by atoms with Crippen LogP contribution in [0.25, 0.3) is 6.08 Å². The third kappa shape index (κ3) is 4.18. The van der Waals surface area contributed by atoms with Gasteiger partial charge < -0.3 is 4.90 Å². The van der Waals surface area contributed by atoms with Crippen LogP contribution >= 0.6 is 11.3 Å². The normalized spacial score (nSPS) is 16.4. The molecule has 5 nitrogen and oxygen atoms in total. The Kier molecular flexibility index (Phi) is 5.36. The first-order valence-corrected chi connectivity index (χ1v) is 10.3. The van der Waals surface area contributed by atoms with Crippen molar-refractivity contribution in [2.45, 2.75) is 11.8 Å². The van der Waals surface area contributed by atoms with Gasteiger partial charge in [-0.25, -0.2) is 8.42 Å². The molecule has 1 fully saturated rings. The van der Waals surface area contributed by atoms with Gasteiger partial charge in [-0.15, -0.1) is 11.3 Å². The molecule has 1 aromatic carbocycles. The van der Waals surface area contributed by atoms with Crippen LogP contribution < -0.4 is 0 Å². The zero-order valence-electron chi connectivity index (χ0n) is 14.0. The summed E-state index contributed by atoms with van der Waals surface area (Å²) < 4.78 is 26.6. The maximum Gasteiger partial charge on any atom is 0.246 e. The summed E-state index contributed by atoms with van der Waals surface area (Å²) >= 11 is 1.63. The number of rotatable bonds is 4. The van der Waals surface area contributed by atoms with E-state index >= 15 is 0 Å². The van der Waals surface area contributed by atoms with Gasteiger partial charge in [0.15, 0.2) is 0 Å². The second kappa shape index (κ2) is 7.51. The molecule has 1 amide bonds. The summed E-state index contributed by atoms with van der Waals surface area (Å²) in [5.74, 6) is -0.0807. The molecule has 0 radical (unpaired) electrons. The third-order valence-corrected chi connectivity index (χ3v) is 6.96. The molecular formula is C18H20N2O3S2. The molecule has 0 unspecified atom stereocenters. The van der Waals surface area contributed by atoms with E-state index in [1.807, 2.05) is 25.1 Å². The van der Waals surface area contributed by atoms with Gasteiger partial charge in [-0.1, -0.05) is 18.2 Å². The summed E-state index contributed by atoms with van der Waals surface area (Å²) in [5.41, 5.74) is 0. The number of hydrogen-bond donors (Lipinski definition) is 0. The summed E-state index contributed by atoms with van der Waals surface area (Å²) in [7, 11) is -3.48. The molecular weight excluding hydrogens is 356 g/mol. The van der Waals surface area contributed by atoms with Gasteiger partial charge in [0, 0.05) is 42.0 Å². The molecule has 1 saturated heterocycles. The third-order valence-electron chi connectivity index (χ3n) is 4.08. The van der Waals surface area contributed by atoms with E-state index in [0.717, 1.165) is 4.88 Å². The van der Waals surface area contributed by atoms with Gasteiger partial charge in [0.05, 0.1) is 4.90 Å². The minimum atomic E-state index is -3.48. The van der Waals surface area contributed by atoms with Crippen LogP contribution in [0.2, 0.25) is 0 Å². The lowest BCUT2D eigenvalue weighted by Gasteiger charge is -2.33. The first-order valence-electron chi connectivity index (χ1n) is 8.05. The standard InChI is InChI=1S/C18H20N2O3S2/c1-15-7-8-16(24-15)9-10-18(21)19-11-13-20(14-12-19)25(22,23)17-5-3-2-4-6-17/h2-10H,11-14H2,1H3/b10-9+. The number of amides is 1. The number of thiophene rings is 1. The van der Waals surface area contributed by atoms with Crippen molar-refractivity contribution in [1.82, 2.24) is 9.21 Å². The molecule has 2 aromatic rings. The van der Waals surface area contributed by atoms with Crippen LogP contribution in [-0.2, 0) is 14.8 Å². The van der Waals surface area contributed by atoms with E-state index in [4.69, 9.17) is 0 Å². The zero-order valence-corrected chi connectivity index (χ0v) is 15.6. The van der Waals surface area contributed by atoms with Crippen molar-refractivity contribution in [3.8, 4) is 0 Å². The average molecular weight is 377 g/mol. The first kappa shape index (κ1) is 17.8. The molecule has 1 aliphatic heterocycles. The van der Waals surface area contributed by atoms with Gasteiger partial charge in [0.1, 0.15) is 0 Å². The SMILES string of the molecule is Cc1ccc(/C=C/C(=O)N2CCN(S(=O)(=O)c3ccccc3)CC2)s1. The monoisotopic (exact) mass is 376 g/mol. The van der Waals surface area contributed by atoms with Gasteiger partial charge in [-0.2, -0.15) is 4.31 Å². The molecule has 0 N–H and O–H groups in total. The van der Waals surface area contributed by atoms with E-state index in [2.05, 4.69) is 0 Å². The summed E-state index contributed by atoms with van der Waals surface area (Å²) in [6.07, 6.45) is 3.37. The summed E-state index contributed by atoms with van der Waals surface area (Å²) in [4.78, 5) is 16.5. The van der Waals surface area contributed by atoms with Crippen molar-refractivity contribution in [1.29, 1.82) is 0 Å². The van der Waals surface area contributed by atoms with E-state index in [0.29, 0.717) is 31.1 Å². The van der Waals surface area contributed by atoms with Gasteiger partial charge in [-0.05, 0) is 37.3 Å². The molecule has 132 valence electrons. The Morgan fingerprint density at radius 2 is 1.72 bits per heavy atom. The second-order valence-electron chi connectivity index (χ2n) is 5.82. The van der Waals surface area contributed by atoms with Crippen molar-refractivity contribution >= 4 is 33.3 Å².